The van der Waals surface area contributed by atoms with Crippen LogP contribution in [0.4, 0.5) is 0 Å². The average molecular weight is 215 g/mol. The zero-order valence-electron chi connectivity index (χ0n) is 8.83. The Morgan fingerprint density at radius 3 is 2.21 bits per heavy atom. The molecule has 1 aliphatic carbocycles. The Kier molecular flexibility index (Phi) is 10.3. The molecule has 1 saturated carbocycles. The molecule has 1 fully saturated rings. The number of carbonyl (C=O) groups is 1. The van der Waals surface area contributed by atoms with Crippen molar-refractivity contribution in [2.45, 2.75) is 38.2 Å². The van der Waals surface area contributed by atoms with Gasteiger partial charge in [0.1, 0.15) is 0 Å². The number of aliphatic carboxylic acids is 1. The van der Waals surface area contributed by atoms with E-state index in [0.29, 0.717) is 18.4 Å². The molecule has 3 nitrogen and oxygen atoms in total. The van der Waals surface area contributed by atoms with E-state index in [1.807, 2.05) is 0 Å². The fraction of sp³-hybridized carbons (Fsp3) is 0.889. The molecule has 0 aliphatic heterocycles. The Balaban J connectivity index is 0. The van der Waals surface area contributed by atoms with Gasteiger partial charge in [-0.1, -0.05) is 0 Å². The van der Waals surface area contributed by atoms with Gasteiger partial charge in [-0.25, -0.2) is 0 Å². The Morgan fingerprint density at radius 1 is 1.36 bits per heavy atom. The largest absolute Gasteiger partial charge is 1.00 e. The van der Waals surface area contributed by atoms with Crippen molar-refractivity contribution in [3.05, 3.63) is 0 Å². The van der Waals surface area contributed by atoms with Gasteiger partial charge < -0.3 is 22.3 Å². The van der Waals surface area contributed by atoms with Crippen LogP contribution in [-0.4, -0.2) is 24.3 Å². The number of hydrogen-bond acceptors (Lipinski definition) is 2. The summed E-state index contributed by atoms with van der Waals surface area (Å²) in [5, 5.41) is 8.56. The van der Waals surface area contributed by atoms with Crippen LogP contribution in [0.2, 0.25) is 0 Å². The smallest absolute Gasteiger partial charge is 1.00 e. The van der Waals surface area contributed by atoms with Crippen LogP contribution in [0.25, 0.3) is 0 Å². The summed E-state index contributed by atoms with van der Waals surface area (Å²) >= 11 is 0. The normalized spacial score (nSPS) is 25.8. The van der Waals surface area contributed by atoms with Crippen molar-refractivity contribution >= 4 is 5.97 Å². The fourth-order valence-corrected chi connectivity index (χ4v) is 1.82. The number of carboxylic acids is 1. The van der Waals surface area contributed by atoms with Gasteiger partial charge in [-0.05, 0) is 31.6 Å². The number of halogens is 1. The van der Waals surface area contributed by atoms with Gasteiger partial charge in [-0.2, -0.15) is 0 Å². The molecule has 0 aromatic rings. The van der Waals surface area contributed by atoms with Crippen molar-refractivity contribution in [2.75, 3.05) is 7.11 Å². The van der Waals surface area contributed by atoms with E-state index >= 15 is 0 Å². The monoisotopic (exact) mass is 214 g/mol. The number of ether oxygens (including phenoxy) is 1. The van der Waals surface area contributed by atoms with Crippen LogP contribution < -0.4 is 31.3 Å². The zero-order valence-corrected chi connectivity index (χ0v) is 9.59. The SMILES string of the molecule is CO[C@H]1CC[C@H](CC(=O)O)CC1.[Cl-].[Li+]. The van der Waals surface area contributed by atoms with Crippen LogP contribution in [-0.2, 0) is 9.53 Å². The Hall–Kier alpha value is 0.317. The maximum absolute atomic E-state index is 10.4. The van der Waals surface area contributed by atoms with E-state index in [4.69, 9.17) is 9.84 Å². The van der Waals surface area contributed by atoms with Gasteiger partial charge in [0.25, 0.3) is 0 Å². The standard InChI is InChI=1S/C9H16O3.ClH.Li/c1-12-8-4-2-7(3-5-8)6-9(10)11;;/h7-8H,2-6H2,1H3,(H,10,11);1H;/q;;+1/p-1/t7-,8-;;. The van der Waals surface area contributed by atoms with Crippen LogP contribution in [0.15, 0.2) is 0 Å². The third kappa shape index (κ3) is 5.93. The predicted octanol–water partition coefficient (Wildman–Crippen LogP) is -4.33. The molecule has 0 saturated heterocycles. The average Bonchev–Trinajstić information content (AvgIpc) is 2.05. The summed E-state index contributed by atoms with van der Waals surface area (Å²) in [6, 6.07) is 0. The second-order valence-electron chi connectivity index (χ2n) is 3.48. The fourth-order valence-electron chi connectivity index (χ4n) is 1.82. The number of rotatable bonds is 3. The van der Waals surface area contributed by atoms with Crippen LogP contribution in [0, 0.1) is 5.92 Å². The maximum Gasteiger partial charge on any atom is 1.00 e. The quantitative estimate of drug-likeness (QED) is 0.484. The molecule has 0 amide bonds. The first-order chi connectivity index (χ1) is 5.72. The minimum absolute atomic E-state index is 0. The van der Waals surface area contributed by atoms with E-state index in [1.54, 1.807) is 7.11 Å². The van der Waals surface area contributed by atoms with Crippen LogP contribution >= 0.6 is 0 Å². The molecule has 0 spiro atoms. The minimum Gasteiger partial charge on any atom is -1.00 e. The number of hydrogen-bond donors (Lipinski definition) is 1. The summed E-state index contributed by atoms with van der Waals surface area (Å²) in [5.74, 6) is -0.287. The van der Waals surface area contributed by atoms with E-state index in [0.717, 1.165) is 25.7 Å². The molecular formula is C9H16ClLiO3. The first kappa shape index (κ1) is 16.7. The van der Waals surface area contributed by atoms with E-state index in [1.165, 1.54) is 0 Å². The third-order valence-electron chi connectivity index (χ3n) is 2.59. The van der Waals surface area contributed by atoms with Gasteiger partial charge in [0.15, 0.2) is 0 Å². The summed E-state index contributed by atoms with van der Waals surface area (Å²) in [7, 11) is 1.72. The Bertz CT molecular complexity index is 158. The van der Waals surface area contributed by atoms with Gasteiger partial charge in [-0.3, -0.25) is 4.79 Å². The topological polar surface area (TPSA) is 46.5 Å². The first-order valence-corrected chi connectivity index (χ1v) is 4.47. The van der Waals surface area contributed by atoms with Crippen molar-refractivity contribution in [3.8, 4) is 0 Å². The molecule has 0 heterocycles. The Labute approximate surface area is 103 Å². The summed E-state index contributed by atoms with van der Waals surface area (Å²) in [6.07, 6.45) is 4.75. The molecule has 5 heteroatoms. The second kappa shape index (κ2) is 8.61. The van der Waals surface area contributed by atoms with Crippen LogP contribution in [0.5, 0.6) is 0 Å². The molecule has 0 bridgehead atoms. The first-order valence-electron chi connectivity index (χ1n) is 4.47. The molecule has 78 valence electrons. The molecule has 1 rings (SSSR count). The summed E-state index contributed by atoms with van der Waals surface area (Å²) in [4.78, 5) is 10.4. The van der Waals surface area contributed by atoms with Gasteiger partial charge in [0.2, 0.25) is 0 Å². The molecule has 0 unspecified atom stereocenters. The van der Waals surface area contributed by atoms with Gasteiger partial charge in [0, 0.05) is 13.5 Å². The number of methoxy groups -OCH3 is 1. The summed E-state index contributed by atoms with van der Waals surface area (Å²) in [6.45, 7) is 0. The molecule has 0 aromatic carbocycles. The predicted molar refractivity (Wildman–Crippen MR) is 45.0 cm³/mol. The maximum atomic E-state index is 10.4. The van der Waals surface area contributed by atoms with Crippen LogP contribution in [0.3, 0.4) is 0 Å². The molecule has 1 N–H and O–H groups in total. The minimum atomic E-state index is -0.670. The van der Waals surface area contributed by atoms with E-state index in [-0.39, 0.29) is 31.3 Å². The van der Waals surface area contributed by atoms with Crippen LogP contribution in [0.1, 0.15) is 32.1 Å². The van der Waals surface area contributed by atoms with Crippen molar-refractivity contribution in [3.63, 3.8) is 0 Å². The molecule has 0 radical (unpaired) electrons. The van der Waals surface area contributed by atoms with Gasteiger partial charge in [0.05, 0.1) is 6.10 Å². The number of carboxylic acid groups (broad SMARTS) is 1. The molecule has 1 aliphatic rings. The van der Waals surface area contributed by atoms with E-state index in [9.17, 15) is 4.79 Å². The molecule has 0 aromatic heterocycles. The Morgan fingerprint density at radius 2 is 1.86 bits per heavy atom. The van der Waals surface area contributed by atoms with Gasteiger partial charge >= 0.3 is 24.8 Å². The summed E-state index contributed by atoms with van der Waals surface area (Å²) in [5.41, 5.74) is 0. The molecule has 0 atom stereocenters. The second-order valence-corrected chi connectivity index (χ2v) is 3.48. The van der Waals surface area contributed by atoms with Gasteiger partial charge in [-0.15, -0.1) is 0 Å². The third-order valence-corrected chi connectivity index (χ3v) is 2.59. The molecule has 14 heavy (non-hydrogen) atoms. The summed E-state index contributed by atoms with van der Waals surface area (Å²) < 4.78 is 5.20. The zero-order chi connectivity index (χ0) is 8.97. The van der Waals surface area contributed by atoms with Crippen molar-refractivity contribution in [1.29, 1.82) is 0 Å². The van der Waals surface area contributed by atoms with Crippen molar-refractivity contribution < 1.29 is 45.9 Å². The van der Waals surface area contributed by atoms with E-state index < -0.39 is 5.97 Å². The van der Waals surface area contributed by atoms with E-state index in [2.05, 4.69) is 0 Å². The van der Waals surface area contributed by atoms with Crippen molar-refractivity contribution in [1.82, 2.24) is 0 Å². The van der Waals surface area contributed by atoms with Crippen molar-refractivity contribution in [2.24, 2.45) is 5.92 Å². The molecular weight excluding hydrogens is 198 g/mol.